The Morgan fingerprint density at radius 2 is 1.66 bits per heavy atom. The molecule has 3 aromatic rings. The molecule has 0 saturated heterocycles. The largest absolute Gasteiger partial charge is 0.484 e. The second-order valence-corrected chi connectivity index (χ2v) is 8.66. The van der Waals surface area contributed by atoms with E-state index in [2.05, 4.69) is 0 Å². The van der Waals surface area contributed by atoms with E-state index in [1.807, 2.05) is 13.0 Å². The zero-order valence-corrected chi connectivity index (χ0v) is 17.6. The van der Waals surface area contributed by atoms with E-state index < -0.39 is 22.5 Å². The normalized spacial score (nSPS) is 11.1. The first-order valence-corrected chi connectivity index (χ1v) is 10.7. The molecule has 3 aromatic carbocycles. The first kappa shape index (κ1) is 20.9. The third kappa shape index (κ3) is 4.60. The molecule has 0 bridgehead atoms. The van der Waals surface area contributed by atoms with Crippen LogP contribution in [0, 0.1) is 13.8 Å². The van der Waals surface area contributed by atoms with Crippen LogP contribution in [0.25, 0.3) is 0 Å². The number of rotatable bonds is 6. The van der Waals surface area contributed by atoms with E-state index in [0.717, 1.165) is 9.87 Å². The fourth-order valence-electron chi connectivity index (χ4n) is 2.81. The molecule has 0 saturated carbocycles. The average Bonchev–Trinajstić information content (AvgIpc) is 2.70. The van der Waals surface area contributed by atoms with Crippen molar-refractivity contribution in [3.05, 3.63) is 88.9 Å². The zero-order chi connectivity index (χ0) is 21.0. The van der Waals surface area contributed by atoms with Crippen molar-refractivity contribution >= 4 is 33.2 Å². The molecule has 0 aliphatic heterocycles. The fourth-order valence-corrected chi connectivity index (χ4v) is 4.48. The minimum Gasteiger partial charge on any atom is -0.484 e. The highest BCUT2D eigenvalue weighted by Gasteiger charge is 2.32. The number of aryl methyl sites for hydroxylation is 1. The Hall–Kier alpha value is -2.83. The number of sulfonamides is 1. The summed E-state index contributed by atoms with van der Waals surface area (Å²) in [5, 5.41) is 0.457. The van der Waals surface area contributed by atoms with Crippen molar-refractivity contribution < 1.29 is 17.9 Å². The number of amides is 1. The lowest BCUT2D eigenvalue weighted by atomic mass is 10.1. The average molecular weight is 430 g/mol. The van der Waals surface area contributed by atoms with Crippen molar-refractivity contribution in [2.45, 2.75) is 18.7 Å². The van der Waals surface area contributed by atoms with Gasteiger partial charge in [-0.2, -0.15) is 4.31 Å². The Morgan fingerprint density at radius 3 is 2.34 bits per heavy atom. The SMILES string of the molecule is Cc1cccc(N(C(=O)COc2cccc(Cl)c2)S(=O)(=O)c2ccccc2)c1C. The second-order valence-electron chi connectivity index (χ2n) is 6.44. The van der Waals surface area contributed by atoms with Gasteiger partial charge in [-0.15, -0.1) is 0 Å². The highest BCUT2D eigenvalue weighted by atomic mass is 35.5. The van der Waals surface area contributed by atoms with Crippen molar-refractivity contribution in [2.24, 2.45) is 0 Å². The molecule has 3 rings (SSSR count). The first-order chi connectivity index (χ1) is 13.8. The van der Waals surface area contributed by atoms with Crippen molar-refractivity contribution in [2.75, 3.05) is 10.9 Å². The number of benzene rings is 3. The molecule has 0 spiro atoms. The molecule has 5 nitrogen and oxygen atoms in total. The number of carbonyl (C=O) groups is 1. The maximum absolute atomic E-state index is 13.3. The third-order valence-electron chi connectivity index (χ3n) is 4.46. The van der Waals surface area contributed by atoms with Crippen LogP contribution < -0.4 is 9.04 Å². The molecular weight excluding hydrogens is 410 g/mol. The summed E-state index contributed by atoms with van der Waals surface area (Å²) in [6.07, 6.45) is 0. The molecule has 0 heterocycles. The Labute approximate surface area is 175 Å². The maximum atomic E-state index is 13.3. The van der Waals surface area contributed by atoms with Gasteiger partial charge in [0.15, 0.2) is 6.61 Å². The summed E-state index contributed by atoms with van der Waals surface area (Å²) in [6.45, 7) is 3.18. The molecule has 0 unspecified atom stereocenters. The number of nitrogens with zero attached hydrogens (tertiary/aromatic N) is 1. The van der Waals surface area contributed by atoms with Gasteiger partial charge in [0, 0.05) is 5.02 Å². The summed E-state index contributed by atoms with van der Waals surface area (Å²) < 4.78 is 33.0. The van der Waals surface area contributed by atoms with E-state index in [-0.39, 0.29) is 4.90 Å². The van der Waals surface area contributed by atoms with Crippen molar-refractivity contribution in [1.82, 2.24) is 0 Å². The summed E-state index contributed by atoms with van der Waals surface area (Å²) in [5.74, 6) is -0.327. The summed E-state index contributed by atoms with van der Waals surface area (Å²) in [6, 6.07) is 19.6. The highest BCUT2D eigenvalue weighted by Crippen LogP contribution is 2.29. The number of halogens is 1. The second kappa shape index (κ2) is 8.68. The van der Waals surface area contributed by atoms with E-state index in [4.69, 9.17) is 16.3 Å². The molecule has 0 atom stereocenters. The van der Waals surface area contributed by atoms with Gasteiger partial charge in [-0.05, 0) is 61.4 Å². The molecule has 0 aliphatic rings. The summed E-state index contributed by atoms with van der Waals surface area (Å²) in [7, 11) is -4.13. The van der Waals surface area contributed by atoms with Crippen molar-refractivity contribution in [3.8, 4) is 5.75 Å². The topological polar surface area (TPSA) is 63.7 Å². The molecule has 0 fully saturated rings. The lowest BCUT2D eigenvalue weighted by molar-refractivity contribution is -0.119. The summed E-state index contributed by atoms with van der Waals surface area (Å²) in [4.78, 5) is 13.1. The van der Waals surface area contributed by atoms with E-state index in [9.17, 15) is 13.2 Å². The van der Waals surface area contributed by atoms with Crippen molar-refractivity contribution in [1.29, 1.82) is 0 Å². The molecule has 0 radical (unpaired) electrons. The zero-order valence-electron chi connectivity index (χ0n) is 16.0. The minimum atomic E-state index is -4.13. The van der Waals surface area contributed by atoms with Crippen LogP contribution in [0.2, 0.25) is 5.02 Å². The van der Waals surface area contributed by atoms with Crippen LogP contribution in [-0.2, 0) is 14.8 Å². The van der Waals surface area contributed by atoms with E-state index >= 15 is 0 Å². The van der Waals surface area contributed by atoms with Crippen LogP contribution >= 0.6 is 11.6 Å². The molecule has 1 amide bonds. The van der Waals surface area contributed by atoms with E-state index in [0.29, 0.717) is 22.0 Å². The van der Waals surface area contributed by atoms with E-state index in [1.54, 1.807) is 61.5 Å². The maximum Gasteiger partial charge on any atom is 0.278 e. The predicted molar refractivity (Wildman–Crippen MR) is 114 cm³/mol. The van der Waals surface area contributed by atoms with Crippen LogP contribution in [0.15, 0.2) is 77.7 Å². The lowest BCUT2D eigenvalue weighted by Crippen LogP contribution is -2.40. The number of anilines is 1. The lowest BCUT2D eigenvalue weighted by Gasteiger charge is -2.25. The quantitative estimate of drug-likeness (QED) is 0.566. The monoisotopic (exact) mass is 429 g/mol. The van der Waals surface area contributed by atoms with Crippen LogP contribution in [0.4, 0.5) is 5.69 Å². The number of ether oxygens (including phenoxy) is 1. The van der Waals surface area contributed by atoms with Gasteiger partial charge in [0.2, 0.25) is 0 Å². The highest BCUT2D eigenvalue weighted by molar-refractivity contribution is 7.93. The fraction of sp³-hybridized carbons (Fsp3) is 0.136. The number of hydrogen-bond acceptors (Lipinski definition) is 4. The third-order valence-corrected chi connectivity index (χ3v) is 6.45. The van der Waals surface area contributed by atoms with Gasteiger partial charge < -0.3 is 4.74 Å². The minimum absolute atomic E-state index is 0.0250. The van der Waals surface area contributed by atoms with Gasteiger partial charge in [0.25, 0.3) is 15.9 Å². The Balaban J connectivity index is 2.01. The predicted octanol–water partition coefficient (Wildman–Crippen LogP) is 4.76. The molecule has 150 valence electrons. The standard InChI is InChI=1S/C22H20ClNO4S/c1-16-8-6-13-21(17(16)2)24(29(26,27)20-11-4-3-5-12-20)22(25)15-28-19-10-7-9-18(23)14-19/h3-14H,15H2,1-2H3. The van der Waals surface area contributed by atoms with Gasteiger partial charge >= 0.3 is 0 Å². The smallest absolute Gasteiger partial charge is 0.278 e. The Morgan fingerprint density at radius 1 is 0.966 bits per heavy atom. The van der Waals surface area contributed by atoms with Crippen LogP contribution in [0.5, 0.6) is 5.75 Å². The van der Waals surface area contributed by atoms with Crippen molar-refractivity contribution in [3.63, 3.8) is 0 Å². The summed E-state index contributed by atoms with van der Waals surface area (Å²) in [5.41, 5.74) is 1.87. The molecule has 0 N–H and O–H groups in total. The number of carbonyl (C=O) groups excluding carboxylic acids is 1. The van der Waals surface area contributed by atoms with Gasteiger partial charge in [0.1, 0.15) is 5.75 Å². The molecule has 7 heteroatoms. The molecule has 0 aliphatic carbocycles. The Kier molecular flexibility index (Phi) is 6.25. The molecule has 29 heavy (non-hydrogen) atoms. The van der Waals surface area contributed by atoms with Gasteiger partial charge in [-0.3, -0.25) is 4.79 Å². The van der Waals surface area contributed by atoms with Crippen LogP contribution in [-0.4, -0.2) is 20.9 Å². The van der Waals surface area contributed by atoms with Gasteiger partial charge in [-0.1, -0.05) is 48.0 Å². The van der Waals surface area contributed by atoms with E-state index in [1.165, 1.54) is 12.1 Å². The van der Waals surface area contributed by atoms with Gasteiger partial charge in [-0.25, -0.2) is 8.42 Å². The van der Waals surface area contributed by atoms with Crippen LogP contribution in [0.3, 0.4) is 0 Å². The molecular formula is C22H20ClNO4S. The molecule has 0 aromatic heterocycles. The first-order valence-electron chi connectivity index (χ1n) is 8.88. The summed E-state index contributed by atoms with van der Waals surface area (Å²) >= 11 is 5.94. The van der Waals surface area contributed by atoms with Gasteiger partial charge in [0.05, 0.1) is 10.6 Å². The Bertz CT molecular complexity index is 1130. The number of hydrogen-bond donors (Lipinski definition) is 0. The van der Waals surface area contributed by atoms with Crippen LogP contribution in [0.1, 0.15) is 11.1 Å².